The van der Waals surface area contributed by atoms with Crippen LogP contribution in [0.15, 0.2) is 140 Å². The van der Waals surface area contributed by atoms with Gasteiger partial charge in [-0.3, -0.25) is 0 Å². The van der Waals surface area contributed by atoms with E-state index in [9.17, 15) is 8.78 Å². The summed E-state index contributed by atoms with van der Waals surface area (Å²) >= 11 is 0. The zero-order valence-corrected chi connectivity index (χ0v) is 28.4. The van der Waals surface area contributed by atoms with E-state index in [1.807, 2.05) is 54.6 Å². The molecule has 0 bridgehead atoms. The summed E-state index contributed by atoms with van der Waals surface area (Å²) in [5, 5.41) is 5.07. The predicted molar refractivity (Wildman–Crippen MR) is 207 cm³/mol. The van der Waals surface area contributed by atoms with Crippen LogP contribution in [0.25, 0.3) is 98.0 Å². The molecule has 7 heteroatoms. The predicted octanol–water partition coefficient (Wildman–Crippen LogP) is 14.6. The SMILES string of the molecule is Fc1c(F)c(F)c2c(-c3c4ccccc4c(-c4ccc(-c5cc6ccccc6c6ccccc56)c5ccccc45)c4ccccc34)c(F)c(F)c(F)c2c1F. The van der Waals surface area contributed by atoms with Crippen molar-refractivity contribution in [1.82, 2.24) is 0 Å². The summed E-state index contributed by atoms with van der Waals surface area (Å²) in [5.41, 5.74) is 2.48. The van der Waals surface area contributed by atoms with Crippen molar-refractivity contribution >= 4 is 64.6 Å². The van der Waals surface area contributed by atoms with Crippen molar-refractivity contribution in [3.8, 4) is 33.4 Å². The first kappa shape index (κ1) is 32.9. The lowest BCUT2D eigenvalue weighted by molar-refractivity contribution is 0.411. The molecule has 0 saturated heterocycles. The van der Waals surface area contributed by atoms with Gasteiger partial charge in [-0.2, -0.15) is 0 Å². The molecule has 55 heavy (non-hydrogen) atoms. The van der Waals surface area contributed by atoms with E-state index in [-0.39, 0.29) is 16.3 Å². The fraction of sp³-hybridized carbons (Fsp3) is 0. The average Bonchev–Trinajstić information content (AvgIpc) is 3.23. The Morgan fingerprint density at radius 1 is 0.236 bits per heavy atom. The van der Waals surface area contributed by atoms with Gasteiger partial charge < -0.3 is 0 Å². The van der Waals surface area contributed by atoms with Crippen molar-refractivity contribution in [1.29, 1.82) is 0 Å². The molecule has 10 aromatic rings. The largest absolute Gasteiger partial charge is 0.203 e. The van der Waals surface area contributed by atoms with Crippen molar-refractivity contribution < 1.29 is 30.7 Å². The molecular formula is C48H23F7. The summed E-state index contributed by atoms with van der Waals surface area (Å²) in [4.78, 5) is 0. The van der Waals surface area contributed by atoms with Gasteiger partial charge in [0, 0.05) is 16.5 Å². The molecule has 0 unspecified atom stereocenters. The first-order chi connectivity index (χ1) is 26.8. The van der Waals surface area contributed by atoms with E-state index in [4.69, 9.17) is 0 Å². The number of halogens is 7. The highest BCUT2D eigenvalue weighted by Crippen LogP contribution is 2.50. The van der Waals surface area contributed by atoms with Crippen LogP contribution in [0, 0.1) is 40.7 Å². The normalized spacial score (nSPS) is 11.9. The van der Waals surface area contributed by atoms with E-state index in [0.29, 0.717) is 16.3 Å². The minimum atomic E-state index is -2.34. The second-order valence-electron chi connectivity index (χ2n) is 13.6. The molecule has 0 N–H and O–H groups in total. The zero-order valence-electron chi connectivity index (χ0n) is 28.4. The summed E-state index contributed by atoms with van der Waals surface area (Å²) in [6, 6.07) is 44.2. The number of fused-ring (bicyclic) bond motifs is 7. The maximum atomic E-state index is 16.2. The van der Waals surface area contributed by atoms with Gasteiger partial charge in [0.15, 0.2) is 40.7 Å². The first-order valence-electron chi connectivity index (χ1n) is 17.4. The van der Waals surface area contributed by atoms with Gasteiger partial charge in [0.1, 0.15) is 0 Å². The molecule has 0 atom stereocenters. The smallest absolute Gasteiger partial charge is 0.198 e. The highest BCUT2D eigenvalue weighted by molar-refractivity contribution is 6.26. The topological polar surface area (TPSA) is 0 Å². The third-order valence-electron chi connectivity index (χ3n) is 10.8. The maximum absolute atomic E-state index is 16.2. The second-order valence-corrected chi connectivity index (χ2v) is 13.6. The molecule has 0 fully saturated rings. The summed E-state index contributed by atoms with van der Waals surface area (Å²) in [6.45, 7) is 0. The van der Waals surface area contributed by atoms with E-state index in [1.54, 1.807) is 48.5 Å². The molecule has 0 aliphatic heterocycles. The minimum absolute atomic E-state index is 0.135. The third kappa shape index (κ3) is 4.59. The van der Waals surface area contributed by atoms with E-state index in [1.165, 1.54) is 0 Å². The first-order valence-corrected chi connectivity index (χ1v) is 17.4. The van der Waals surface area contributed by atoms with Crippen molar-refractivity contribution in [2.45, 2.75) is 0 Å². The van der Waals surface area contributed by atoms with Crippen LogP contribution in [-0.4, -0.2) is 0 Å². The van der Waals surface area contributed by atoms with Crippen molar-refractivity contribution in [2.24, 2.45) is 0 Å². The molecule has 0 aromatic heterocycles. The van der Waals surface area contributed by atoms with E-state index < -0.39 is 57.1 Å². The van der Waals surface area contributed by atoms with Gasteiger partial charge in [-0.1, -0.05) is 133 Å². The fourth-order valence-electron chi connectivity index (χ4n) is 8.45. The quantitative estimate of drug-likeness (QED) is 0.0558. The van der Waals surface area contributed by atoms with Gasteiger partial charge in [0.25, 0.3) is 0 Å². The average molecular weight is 733 g/mol. The molecule has 0 nitrogen and oxygen atoms in total. The lowest BCUT2D eigenvalue weighted by atomic mass is 9.82. The fourth-order valence-corrected chi connectivity index (χ4v) is 8.45. The molecule has 0 heterocycles. The van der Waals surface area contributed by atoms with Gasteiger partial charge in [-0.15, -0.1) is 0 Å². The Kier molecular flexibility index (Phi) is 7.26. The molecule has 0 spiro atoms. The Labute approximate surface area is 308 Å². The number of hydrogen-bond acceptors (Lipinski definition) is 0. The van der Waals surface area contributed by atoms with Crippen LogP contribution in [0.3, 0.4) is 0 Å². The molecule has 10 aromatic carbocycles. The van der Waals surface area contributed by atoms with Crippen LogP contribution < -0.4 is 0 Å². The summed E-state index contributed by atoms with van der Waals surface area (Å²) in [5.74, 6) is -15.0. The summed E-state index contributed by atoms with van der Waals surface area (Å²) in [6.07, 6.45) is 0. The standard InChI is InChI=1S/C48H23F7/c49-42-39(40-41(44(51)46(42)53)45(52)48(55)47(54)43(40)50)38-33-19-9-7-17-31(33)37(32-18-8-10-20-34(32)38)35-22-21-30(27-14-4-5-15-28(27)35)36-23-24-11-1-2-12-25(24)26-13-3-6-16-29(26)36/h1-23H. The van der Waals surface area contributed by atoms with Gasteiger partial charge in [0.05, 0.1) is 5.39 Å². The van der Waals surface area contributed by atoms with E-state index in [2.05, 4.69) is 36.4 Å². The Morgan fingerprint density at radius 2 is 0.618 bits per heavy atom. The van der Waals surface area contributed by atoms with Gasteiger partial charge >= 0.3 is 0 Å². The molecule has 0 saturated carbocycles. The Hall–Kier alpha value is -6.73. The van der Waals surface area contributed by atoms with Crippen LogP contribution >= 0.6 is 0 Å². The molecule has 0 amide bonds. The molecular weight excluding hydrogens is 710 g/mol. The third-order valence-corrected chi connectivity index (χ3v) is 10.8. The van der Waals surface area contributed by atoms with E-state index in [0.717, 1.165) is 49.0 Å². The Bertz CT molecular complexity index is 3230. The van der Waals surface area contributed by atoms with Crippen LogP contribution in [0.4, 0.5) is 30.7 Å². The second kappa shape index (κ2) is 12.1. The maximum Gasteiger partial charge on any atom is 0.198 e. The van der Waals surface area contributed by atoms with Crippen molar-refractivity contribution in [2.75, 3.05) is 0 Å². The Balaban J connectivity index is 1.33. The van der Waals surface area contributed by atoms with Gasteiger partial charge in [-0.05, 0) is 82.2 Å². The number of hydrogen-bond donors (Lipinski definition) is 0. The highest BCUT2D eigenvalue weighted by atomic mass is 19.2. The molecule has 0 radical (unpaired) electrons. The van der Waals surface area contributed by atoms with Crippen LogP contribution in [0.1, 0.15) is 0 Å². The van der Waals surface area contributed by atoms with Gasteiger partial charge in [0.2, 0.25) is 0 Å². The number of benzene rings is 10. The zero-order chi connectivity index (χ0) is 37.7. The summed E-state index contributed by atoms with van der Waals surface area (Å²) in [7, 11) is 0. The van der Waals surface area contributed by atoms with Crippen LogP contribution in [0.2, 0.25) is 0 Å². The minimum Gasteiger partial charge on any atom is -0.203 e. The molecule has 10 rings (SSSR count). The molecule has 0 aliphatic carbocycles. The monoisotopic (exact) mass is 732 g/mol. The summed E-state index contributed by atoms with van der Waals surface area (Å²) < 4.78 is 107. The number of rotatable bonds is 3. The molecule has 0 aliphatic rings. The van der Waals surface area contributed by atoms with Gasteiger partial charge in [-0.25, -0.2) is 30.7 Å². The lowest BCUT2D eigenvalue weighted by Crippen LogP contribution is -2.06. The van der Waals surface area contributed by atoms with Crippen molar-refractivity contribution in [3.63, 3.8) is 0 Å². The van der Waals surface area contributed by atoms with Crippen molar-refractivity contribution in [3.05, 3.63) is 180 Å². The highest BCUT2D eigenvalue weighted by Gasteiger charge is 2.33. The van der Waals surface area contributed by atoms with E-state index >= 15 is 22.0 Å². The lowest BCUT2D eigenvalue weighted by Gasteiger charge is -2.21. The molecule has 264 valence electrons. The van der Waals surface area contributed by atoms with Crippen LogP contribution in [0.5, 0.6) is 0 Å². The Morgan fingerprint density at radius 3 is 1.18 bits per heavy atom. The van der Waals surface area contributed by atoms with Crippen LogP contribution in [-0.2, 0) is 0 Å².